The number of benzene rings is 2. The fourth-order valence-corrected chi connectivity index (χ4v) is 2.83. The molecule has 0 bridgehead atoms. The fourth-order valence-electron chi connectivity index (χ4n) is 2.83. The van der Waals surface area contributed by atoms with Crippen LogP contribution in [-0.2, 0) is 6.18 Å². The van der Waals surface area contributed by atoms with Crippen LogP contribution in [0.25, 0.3) is 10.9 Å². The summed E-state index contributed by atoms with van der Waals surface area (Å²) in [5.74, 6) is 1.28. The summed E-state index contributed by atoms with van der Waals surface area (Å²) >= 11 is 0. The molecule has 0 saturated carbocycles. The molecule has 148 valence electrons. The lowest BCUT2D eigenvalue weighted by Gasteiger charge is -2.16. The molecule has 1 unspecified atom stereocenters. The molecular weight excluding hydrogens is 369 g/mol. The summed E-state index contributed by atoms with van der Waals surface area (Å²) in [6.45, 7) is 2.23. The SMILES string of the molecule is CC(CCCOc1cccc(C(F)(F)F)c1)Oc1cccc2ccc(N)nc12. The topological polar surface area (TPSA) is 57.4 Å². The maximum Gasteiger partial charge on any atom is 0.416 e. The van der Waals surface area contributed by atoms with Crippen molar-refractivity contribution in [1.82, 2.24) is 4.98 Å². The third-order valence-corrected chi connectivity index (χ3v) is 4.22. The number of para-hydroxylation sites is 1. The molecule has 4 nitrogen and oxygen atoms in total. The number of alkyl halides is 3. The molecule has 3 rings (SSSR count). The third-order valence-electron chi connectivity index (χ3n) is 4.22. The van der Waals surface area contributed by atoms with Crippen molar-refractivity contribution in [3.05, 3.63) is 60.2 Å². The molecule has 3 aromatic rings. The predicted octanol–water partition coefficient (Wildman–Crippen LogP) is 5.46. The second kappa shape index (κ2) is 8.37. The first-order chi connectivity index (χ1) is 13.3. The van der Waals surface area contributed by atoms with Gasteiger partial charge in [0.2, 0.25) is 0 Å². The number of halogens is 3. The van der Waals surface area contributed by atoms with Gasteiger partial charge in [0.15, 0.2) is 0 Å². The quantitative estimate of drug-likeness (QED) is 0.544. The van der Waals surface area contributed by atoms with Crippen LogP contribution < -0.4 is 15.2 Å². The molecule has 0 fully saturated rings. The molecule has 7 heteroatoms. The Labute approximate surface area is 161 Å². The minimum atomic E-state index is -4.38. The van der Waals surface area contributed by atoms with E-state index in [1.54, 1.807) is 6.07 Å². The second-order valence-corrected chi connectivity index (χ2v) is 6.51. The lowest BCUT2D eigenvalue weighted by molar-refractivity contribution is -0.137. The number of hydrogen-bond donors (Lipinski definition) is 1. The maximum absolute atomic E-state index is 12.7. The van der Waals surface area contributed by atoms with Gasteiger partial charge in [-0.05, 0) is 56.2 Å². The fraction of sp³-hybridized carbons (Fsp3) is 0.286. The molecule has 1 atom stereocenters. The molecule has 2 N–H and O–H groups in total. The van der Waals surface area contributed by atoms with E-state index in [0.29, 0.717) is 36.5 Å². The predicted molar refractivity (Wildman–Crippen MR) is 102 cm³/mol. The van der Waals surface area contributed by atoms with E-state index < -0.39 is 11.7 Å². The van der Waals surface area contributed by atoms with E-state index >= 15 is 0 Å². The lowest BCUT2D eigenvalue weighted by Crippen LogP contribution is -2.14. The highest BCUT2D eigenvalue weighted by Gasteiger charge is 2.30. The molecule has 0 amide bonds. The zero-order valence-corrected chi connectivity index (χ0v) is 15.4. The maximum atomic E-state index is 12.7. The Kier molecular flexibility index (Phi) is 5.92. The van der Waals surface area contributed by atoms with Gasteiger partial charge < -0.3 is 15.2 Å². The van der Waals surface area contributed by atoms with Gasteiger partial charge in [-0.3, -0.25) is 0 Å². The van der Waals surface area contributed by atoms with Crippen LogP contribution in [0.5, 0.6) is 11.5 Å². The summed E-state index contributed by atoms with van der Waals surface area (Å²) in [7, 11) is 0. The zero-order chi connectivity index (χ0) is 20.1. The average Bonchev–Trinajstić information content (AvgIpc) is 2.65. The van der Waals surface area contributed by atoms with Gasteiger partial charge in [0.25, 0.3) is 0 Å². The molecule has 1 aromatic heterocycles. The van der Waals surface area contributed by atoms with Gasteiger partial charge >= 0.3 is 6.18 Å². The highest BCUT2D eigenvalue weighted by atomic mass is 19.4. The number of hydrogen-bond acceptors (Lipinski definition) is 4. The highest BCUT2D eigenvalue weighted by Crippen LogP contribution is 2.31. The summed E-state index contributed by atoms with van der Waals surface area (Å²) in [4.78, 5) is 4.33. The Bertz CT molecular complexity index is 944. The number of fused-ring (bicyclic) bond motifs is 1. The van der Waals surface area contributed by atoms with Gasteiger partial charge in [-0.1, -0.05) is 18.2 Å². The van der Waals surface area contributed by atoms with Crippen LogP contribution in [0.15, 0.2) is 54.6 Å². The number of anilines is 1. The summed E-state index contributed by atoms with van der Waals surface area (Å²) in [5, 5.41) is 0.937. The first kappa shape index (κ1) is 19.8. The van der Waals surface area contributed by atoms with Gasteiger partial charge in [0.1, 0.15) is 22.8 Å². The van der Waals surface area contributed by atoms with Crippen molar-refractivity contribution >= 4 is 16.7 Å². The van der Waals surface area contributed by atoms with E-state index in [4.69, 9.17) is 15.2 Å². The zero-order valence-electron chi connectivity index (χ0n) is 15.4. The first-order valence-electron chi connectivity index (χ1n) is 8.95. The summed E-state index contributed by atoms with van der Waals surface area (Å²) in [5.41, 5.74) is 5.75. The number of nitrogen functional groups attached to an aromatic ring is 1. The number of pyridine rings is 1. The Morgan fingerprint density at radius 2 is 1.86 bits per heavy atom. The van der Waals surface area contributed by atoms with Crippen molar-refractivity contribution in [2.45, 2.75) is 32.0 Å². The number of nitrogens with zero attached hydrogens (tertiary/aromatic N) is 1. The Hall–Kier alpha value is -2.96. The summed E-state index contributed by atoms with van der Waals surface area (Å²) in [6, 6.07) is 14.2. The molecule has 0 aliphatic rings. The van der Waals surface area contributed by atoms with Crippen molar-refractivity contribution in [1.29, 1.82) is 0 Å². The standard InChI is InChI=1S/C21H21F3N2O2/c1-14(28-18-9-2-6-15-10-11-19(25)26-20(15)18)5-4-12-27-17-8-3-7-16(13-17)21(22,23)24/h2-3,6-11,13-14H,4-5,12H2,1H3,(H2,25,26). The van der Waals surface area contributed by atoms with Crippen LogP contribution in [0.1, 0.15) is 25.3 Å². The summed E-state index contributed by atoms with van der Waals surface area (Å²) < 4.78 is 49.6. The molecular formula is C21H21F3N2O2. The molecule has 0 saturated heterocycles. The van der Waals surface area contributed by atoms with E-state index in [0.717, 1.165) is 17.5 Å². The van der Waals surface area contributed by atoms with Gasteiger partial charge in [-0.2, -0.15) is 13.2 Å². The molecule has 0 aliphatic carbocycles. The number of ether oxygens (including phenoxy) is 2. The van der Waals surface area contributed by atoms with E-state index in [-0.39, 0.29) is 11.9 Å². The lowest BCUT2D eigenvalue weighted by atomic mass is 10.2. The minimum absolute atomic E-state index is 0.112. The van der Waals surface area contributed by atoms with Gasteiger partial charge in [-0.15, -0.1) is 0 Å². The second-order valence-electron chi connectivity index (χ2n) is 6.51. The largest absolute Gasteiger partial charge is 0.494 e. The van der Waals surface area contributed by atoms with E-state index in [1.807, 2.05) is 31.2 Å². The monoisotopic (exact) mass is 390 g/mol. The Morgan fingerprint density at radius 3 is 2.64 bits per heavy atom. The van der Waals surface area contributed by atoms with Gasteiger partial charge in [0, 0.05) is 5.39 Å². The minimum Gasteiger partial charge on any atom is -0.494 e. The highest BCUT2D eigenvalue weighted by molar-refractivity contribution is 5.85. The number of nitrogens with two attached hydrogens (primary N) is 1. The number of rotatable bonds is 7. The normalized spacial score (nSPS) is 12.7. The van der Waals surface area contributed by atoms with Crippen LogP contribution in [0.3, 0.4) is 0 Å². The van der Waals surface area contributed by atoms with Gasteiger partial charge in [0.05, 0.1) is 18.3 Å². The molecule has 2 aromatic carbocycles. The average molecular weight is 390 g/mol. The Balaban J connectivity index is 1.52. The molecule has 0 aliphatic heterocycles. The van der Waals surface area contributed by atoms with Crippen molar-refractivity contribution in [3.63, 3.8) is 0 Å². The van der Waals surface area contributed by atoms with Crippen LogP contribution in [0.4, 0.5) is 19.0 Å². The van der Waals surface area contributed by atoms with Crippen LogP contribution >= 0.6 is 0 Å². The summed E-state index contributed by atoms with van der Waals surface area (Å²) in [6.07, 6.45) is -3.17. The molecule has 28 heavy (non-hydrogen) atoms. The smallest absolute Gasteiger partial charge is 0.416 e. The van der Waals surface area contributed by atoms with Crippen molar-refractivity contribution in [2.24, 2.45) is 0 Å². The van der Waals surface area contributed by atoms with Crippen molar-refractivity contribution in [3.8, 4) is 11.5 Å². The molecule has 0 spiro atoms. The molecule has 1 heterocycles. The number of aromatic nitrogens is 1. The van der Waals surface area contributed by atoms with Crippen LogP contribution in [-0.4, -0.2) is 17.7 Å². The third kappa shape index (κ3) is 5.06. The van der Waals surface area contributed by atoms with E-state index in [1.165, 1.54) is 12.1 Å². The Morgan fingerprint density at radius 1 is 1.07 bits per heavy atom. The van der Waals surface area contributed by atoms with Crippen molar-refractivity contribution in [2.75, 3.05) is 12.3 Å². The van der Waals surface area contributed by atoms with Crippen LogP contribution in [0, 0.1) is 0 Å². The van der Waals surface area contributed by atoms with Crippen molar-refractivity contribution < 1.29 is 22.6 Å². The van der Waals surface area contributed by atoms with Gasteiger partial charge in [-0.25, -0.2) is 4.98 Å². The van der Waals surface area contributed by atoms with Crippen LogP contribution in [0.2, 0.25) is 0 Å². The van der Waals surface area contributed by atoms with E-state index in [2.05, 4.69) is 4.98 Å². The molecule has 0 radical (unpaired) electrons. The van der Waals surface area contributed by atoms with E-state index in [9.17, 15) is 13.2 Å². The first-order valence-corrected chi connectivity index (χ1v) is 8.95.